The fourth-order valence-electron chi connectivity index (χ4n) is 4.22. The molecule has 14 nitrogen and oxygen atoms in total. The maximum Gasteiger partial charge on any atom is 0.573 e. The van der Waals surface area contributed by atoms with E-state index in [9.17, 15) is 62.3 Å². The number of alkyl halides is 12. The first-order chi connectivity index (χ1) is 27.2. The third kappa shape index (κ3) is 16.6. The van der Waals surface area contributed by atoms with Gasteiger partial charge in [0.1, 0.15) is 11.2 Å². The van der Waals surface area contributed by atoms with Crippen molar-refractivity contribution in [2.45, 2.75) is 90.9 Å². The van der Waals surface area contributed by atoms with E-state index in [2.05, 4.69) is 39.4 Å². The first kappa shape index (κ1) is 51.4. The summed E-state index contributed by atoms with van der Waals surface area (Å²) in [5.41, 5.74) is 2.68. The van der Waals surface area contributed by atoms with Gasteiger partial charge in [0.15, 0.2) is 11.5 Å². The lowest BCUT2D eigenvalue weighted by atomic mass is 10.1. The maximum atomic E-state index is 13.0. The van der Waals surface area contributed by atoms with Gasteiger partial charge in [0, 0.05) is 53.6 Å². The number of imide groups is 1. The second kappa shape index (κ2) is 19.3. The lowest BCUT2D eigenvalue weighted by Gasteiger charge is -2.29. The van der Waals surface area contributed by atoms with Crippen LogP contribution in [0.4, 0.5) is 62.3 Å². The standard InChI is InChI=1S/C22H24F6N4O5.C12H8F6N4O.ClH/c1-19(2,3)36-17(33)32(18(34)37-20(4,5)6)11-12-7-14(29-10-15(12)35-22(26,27)28)13-8-30-16(31-9-13)21(23,24)25;13-11(14,15)10-21-3-7(4-22-10)8-1-6(2-19)9(5-20-8)23-12(16,17)18;/h7-10H,11H2,1-6H3;1,3-5H,2,19H2;1H. The van der Waals surface area contributed by atoms with Crippen LogP contribution in [0.25, 0.3) is 22.5 Å². The lowest BCUT2D eigenvalue weighted by Crippen LogP contribution is -2.43. The number of pyridine rings is 2. The van der Waals surface area contributed by atoms with Crippen molar-refractivity contribution in [1.82, 2.24) is 34.8 Å². The van der Waals surface area contributed by atoms with Crippen molar-refractivity contribution in [2.75, 3.05) is 0 Å². The molecule has 0 aliphatic carbocycles. The highest BCUT2D eigenvalue weighted by Gasteiger charge is 2.38. The Morgan fingerprint density at radius 1 is 0.557 bits per heavy atom. The summed E-state index contributed by atoms with van der Waals surface area (Å²) in [5.74, 6) is -4.23. The molecule has 4 aromatic rings. The number of hydrogen-bond acceptors (Lipinski definition) is 13. The molecule has 0 unspecified atom stereocenters. The number of nitrogens with zero attached hydrogens (tertiary/aromatic N) is 7. The Morgan fingerprint density at radius 3 is 1.18 bits per heavy atom. The van der Waals surface area contributed by atoms with Crippen molar-refractivity contribution in [3.8, 4) is 34.0 Å². The predicted octanol–water partition coefficient (Wildman–Crippen LogP) is 9.46. The molecule has 27 heteroatoms. The largest absolute Gasteiger partial charge is 0.573 e. The second-order valence-electron chi connectivity index (χ2n) is 13.8. The smallest absolute Gasteiger partial charge is 0.443 e. The molecule has 0 fully saturated rings. The van der Waals surface area contributed by atoms with Gasteiger partial charge in [-0.25, -0.2) is 34.4 Å². The van der Waals surface area contributed by atoms with Crippen molar-refractivity contribution in [3.63, 3.8) is 0 Å². The summed E-state index contributed by atoms with van der Waals surface area (Å²) in [6.45, 7) is 7.92. The maximum absolute atomic E-state index is 13.0. The van der Waals surface area contributed by atoms with Gasteiger partial charge in [-0.2, -0.15) is 26.3 Å². The van der Waals surface area contributed by atoms with Crippen molar-refractivity contribution in [1.29, 1.82) is 0 Å². The van der Waals surface area contributed by atoms with E-state index in [1.807, 2.05) is 0 Å². The first-order valence-corrected chi connectivity index (χ1v) is 16.5. The van der Waals surface area contributed by atoms with E-state index in [0.29, 0.717) is 11.1 Å². The van der Waals surface area contributed by atoms with Crippen LogP contribution in [0, 0.1) is 0 Å². The van der Waals surface area contributed by atoms with Crippen LogP contribution in [-0.2, 0) is 34.9 Å². The van der Waals surface area contributed by atoms with Crippen LogP contribution in [0.15, 0.2) is 49.3 Å². The van der Waals surface area contributed by atoms with Crippen molar-refractivity contribution in [2.24, 2.45) is 5.73 Å². The normalized spacial score (nSPS) is 12.3. The molecule has 0 atom stereocenters. The van der Waals surface area contributed by atoms with E-state index in [4.69, 9.17) is 15.2 Å². The molecular weight excluding hydrogens is 880 g/mol. The van der Waals surface area contributed by atoms with Gasteiger partial charge in [0.2, 0.25) is 11.6 Å². The fourth-order valence-corrected chi connectivity index (χ4v) is 4.22. The zero-order valence-electron chi connectivity index (χ0n) is 32.1. The van der Waals surface area contributed by atoms with Gasteiger partial charge >= 0.3 is 37.3 Å². The van der Waals surface area contributed by atoms with E-state index in [1.54, 1.807) is 0 Å². The predicted molar refractivity (Wildman–Crippen MR) is 187 cm³/mol. The topological polar surface area (TPSA) is 178 Å². The molecule has 2 N–H and O–H groups in total. The summed E-state index contributed by atoms with van der Waals surface area (Å²) >= 11 is 0. The third-order valence-corrected chi connectivity index (χ3v) is 6.53. The number of aromatic nitrogens is 6. The number of amides is 2. The number of halogens is 13. The highest BCUT2D eigenvalue weighted by molar-refractivity contribution is 5.88. The molecule has 4 rings (SSSR count). The van der Waals surface area contributed by atoms with Gasteiger partial charge in [-0.15, -0.1) is 38.7 Å². The van der Waals surface area contributed by atoms with Crippen molar-refractivity contribution < 1.29 is 81.2 Å². The minimum Gasteiger partial charge on any atom is -0.443 e. The van der Waals surface area contributed by atoms with Gasteiger partial charge < -0.3 is 24.7 Å². The average Bonchev–Trinajstić information content (AvgIpc) is 3.08. The molecule has 336 valence electrons. The third-order valence-electron chi connectivity index (χ3n) is 6.53. The molecule has 4 aromatic heterocycles. The Kier molecular flexibility index (Phi) is 16.2. The number of nitrogens with two attached hydrogens (primary N) is 1. The van der Waals surface area contributed by atoms with E-state index in [1.165, 1.54) is 41.5 Å². The molecule has 0 aromatic carbocycles. The Hall–Kier alpha value is -5.79. The molecule has 61 heavy (non-hydrogen) atoms. The molecule has 0 aliphatic rings. The van der Waals surface area contributed by atoms with Gasteiger partial charge in [-0.05, 0) is 53.7 Å². The molecule has 0 bridgehead atoms. The fraction of sp³-hybridized carbons (Fsp3) is 0.412. The Balaban J connectivity index is 0.000000458. The van der Waals surface area contributed by atoms with Gasteiger partial charge in [0.25, 0.3) is 0 Å². The number of ether oxygens (including phenoxy) is 4. The van der Waals surface area contributed by atoms with Crippen LogP contribution in [0.2, 0.25) is 0 Å². The summed E-state index contributed by atoms with van der Waals surface area (Å²) in [4.78, 5) is 46.1. The Labute approximate surface area is 343 Å². The van der Waals surface area contributed by atoms with E-state index < -0.39 is 78.2 Å². The molecule has 4 heterocycles. The number of hydrogen-bond donors (Lipinski definition) is 1. The molecule has 0 radical (unpaired) electrons. The van der Waals surface area contributed by atoms with Crippen LogP contribution in [0.5, 0.6) is 11.5 Å². The zero-order valence-corrected chi connectivity index (χ0v) is 33.0. The monoisotopic (exact) mass is 912 g/mol. The SMILES string of the molecule is CC(C)(C)OC(=O)N(Cc1cc(-c2cnc(C(F)(F)F)nc2)ncc1OC(F)(F)F)C(=O)OC(C)(C)C.Cl.NCc1cc(-c2cnc(C(F)(F)F)nc2)ncc1OC(F)(F)F. The molecule has 0 aliphatic heterocycles. The minimum atomic E-state index is -5.17. The highest BCUT2D eigenvalue weighted by Crippen LogP contribution is 2.33. The molecule has 0 spiro atoms. The molecule has 2 amide bonds. The Bertz CT molecular complexity index is 2080. The highest BCUT2D eigenvalue weighted by atomic mass is 35.5. The molecular formula is C34H33ClF12N8O6. The van der Waals surface area contributed by atoms with Crippen LogP contribution < -0.4 is 15.2 Å². The van der Waals surface area contributed by atoms with E-state index in [0.717, 1.165) is 43.1 Å². The molecule has 0 saturated carbocycles. The van der Waals surface area contributed by atoms with Gasteiger partial charge in [-0.3, -0.25) is 9.97 Å². The zero-order chi connectivity index (χ0) is 45.6. The molecule has 0 saturated heterocycles. The van der Waals surface area contributed by atoms with Crippen LogP contribution in [0.1, 0.15) is 64.3 Å². The number of carbonyl (C=O) groups is 2. The summed E-state index contributed by atoms with van der Waals surface area (Å²) < 4.78 is 169. The van der Waals surface area contributed by atoms with Gasteiger partial charge in [0.05, 0.1) is 30.3 Å². The van der Waals surface area contributed by atoms with Crippen LogP contribution >= 0.6 is 12.4 Å². The summed E-state index contributed by atoms with van der Waals surface area (Å²) in [6, 6.07) is 2.14. The summed E-state index contributed by atoms with van der Waals surface area (Å²) in [6.07, 6.45) is -17.4. The second-order valence-corrected chi connectivity index (χ2v) is 13.8. The van der Waals surface area contributed by atoms with E-state index in [-0.39, 0.29) is 52.6 Å². The van der Waals surface area contributed by atoms with E-state index >= 15 is 0 Å². The van der Waals surface area contributed by atoms with Gasteiger partial charge in [-0.1, -0.05) is 0 Å². The quantitative estimate of drug-likeness (QED) is 0.174. The first-order valence-electron chi connectivity index (χ1n) is 16.5. The van der Waals surface area contributed by atoms with Crippen LogP contribution in [-0.4, -0.2) is 70.9 Å². The average molecular weight is 913 g/mol. The lowest BCUT2D eigenvalue weighted by molar-refractivity contribution is -0.276. The van der Waals surface area contributed by atoms with Crippen molar-refractivity contribution in [3.05, 3.63) is 72.1 Å². The summed E-state index contributed by atoms with van der Waals surface area (Å²) in [5, 5.41) is 0. The number of rotatable bonds is 7. The summed E-state index contributed by atoms with van der Waals surface area (Å²) in [7, 11) is 0. The van der Waals surface area contributed by atoms with Crippen molar-refractivity contribution >= 4 is 24.6 Å². The van der Waals surface area contributed by atoms with Crippen LogP contribution in [0.3, 0.4) is 0 Å². The number of carbonyl (C=O) groups excluding carboxylic acids is 2. The Morgan fingerprint density at radius 2 is 0.885 bits per heavy atom. The minimum absolute atomic E-state index is 0.